The quantitative estimate of drug-likeness (QED) is 0.577. The van der Waals surface area contributed by atoms with Crippen LogP contribution >= 0.6 is 11.3 Å². The first kappa shape index (κ1) is 21.0. The van der Waals surface area contributed by atoms with E-state index in [4.69, 9.17) is 9.72 Å². The maximum Gasteiger partial charge on any atom is 0.278 e. The molecule has 7 nitrogen and oxygen atoms in total. The van der Waals surface area contributed by atoms with Gasteiger partial charge in [0.15, 0.2) is 5.13 Å². The Kier molecular flexibility index (Phi) is 6.46. The van der Waals surface area contributed by atoms with Gasteiger partial charge in [0, 0.05) is 38.9 Å². The van der Waals surface area contributed by atoms with Crippen molar-refractivity contribution in [3.8, 4) is 0 Å². The second-order valence-electron chi connectivity index (χ2n) is 7.70. The molecule has 0 N–H and O–H groups in total. The van der Waals surface area contributed by atoms with Gasteiger partial charge in [0.05, 0.1) is 23.4 Å². The second kappa shape index (κ2) is 9.24. The highest BCUT2D eigenvalue weighted by atomic mass is 32.1. The number of aromatic nitrogens is 3. The lowest BCUT2D eigenvalue weighted by molar-refractivity contribution is 0.0376. The number of carbonyl (C=O) groups excluding carboxylic acids is 1. The summed E-state index contributed by atoms with van der Waals surface area (Å²) in [5.41, 5.74) is 4.02. The lowest BCUT2D eigenvalue weighted by Gasteiger charge is -2.27. The summed E-state index contributed by atoms with van der Waals surface area (Å²) in [6.45, 7) is 11.9. The van der Waals surface area contributed by atoms with Gasteiger partial charge in [0.2, 0.25) is 0 Å². The number of nitrogens with zero attached hydrogens (tertiary/aromatic N) is 5. The summed E-state index contributed by atoms with van der Waals surface area (Å²) in [7, 11) is 0. The summed E-state index contributed by atoms with van der Waals surface area (Å²) >= 11 is 1.58. The van der Waals surface area contributed by atoms with E-state index in [-0.39, 0.29) is 5.91 Å². The van der Waals surface area contributed by atoms with Crippen LogP contribution in [-0.2, 0) is 11.3 Å². The van der Waals surface area contributed by atoms with Crippen LogP contribution in [-0.4, -0.2) is 65.0 Å². The molecule has 0 spiro atoms. The van der Waals surface area contributed by atoms with Crippen LogP contribution in [0.1, 0.15) is 35.0 Å². The minimum Gasteiger partial charge on any atom is -0.379 e. The SMILES string of the molecule is CCn1nccc1C(=O)N(CCCN1CCOCC1)c1nc2cc(C)c(C)cc2s1. The van der Waals surface area contributed by atoms with Crippen LogP contribution in [0.4, 0.5) is 5.13 Å². The molecule has 2 aromatic heterocycles. The van der Waals surface area contributed by atoms with E-state index in [2.05, 4.69) is 36.0 Å². The molecular weight excluding hydrogens is 398 g/mol. The molecule has 1 amide bonds. The van der Waals surface area contributed by atoms with Gasteiger partial charge in [0.25, 0.3) is 5.91 Å². The molecule has 3 aromatic rings. The van der Waals surface area contributed by atoms with E-state index in [1.165, 1.54) is 11.1 Å². The van der Waals surface area contributed by atoms with Crippen molar-refractivity contribution in [2.45, 2.75) is 33.7 Å². The molecule has 1 aliphatic rings. The third-order valence-corrected chi connectivity index (χ3v) is 6.70. The van der Waals surface area contributed by atoms with Crippen molar-refractivity contribution in [2.24, 2.45) is 0 Å². The summed E-state index contributed by atoms with van der Waals surface area (Å²) in [6, 6.07) is 6.07. The van der Waals surface area contributed by atoms with Crippen LogP contribution in [0, 0.1) is 13.8 Å². The molecule has 0 bridgehead atoms. The minimum absolute atomic E-state index is 0.0381. The molecule has 0 saturated carbocycles. The zero-order chi connectivity index (χ0) is 21.1. The van der Waals surface area contributed by atoms with Crippen LogP contribution in [0.25, 0.3) is 10.2 Å². The van der Waals surface area contributed by atoms with Crippen molar-refractivity contribution in [1.29, 1.82) is 0 Å². The topological polar surface area (TPSA) is 63.5 Å². The van der Waals surface area contributed by atoms with Crippen molar-refractivity contribution >= 4 is 32.6 Å². The van der Waals surface area contributed by atoms with Crippen molar-refractivity contribution in [3.05, 3.63) is 41.2 Å². The molecule has 4 rings (SSSR count). The van der Waals surface area contributed by atoms with Crippen LogP contribution in [0.2, 0.25) is 0 Å². The van der Waals surface area contributed by atoms with Crippen molar-refractivity contribution < 1.29 is 9.53 Å². The van der Waals surface area contributed by atoms with Gasteiger partial charge in [-0.25, -0.2) is 4.98 Å². The number of aryl methyl sites for hydroxylation is 3. The highest BCUT2D eigenvalue weighted by molar-refractivity contribution is 7.22. The number of amides is 1. The third kappa shape index (κ3) is 4.40. The molecule has 1 aromatic carbocycles. The lowest BCUT2D eigenvalue weighted by Crippen LogP contribution is -2.39. The Morgan fingerprint density at radius 3 is 2.77 bits per heavy atom. The van der Waals surface area contributed by atoms with Crippen molar-refractivity contribution in [2.75, 3.05) is 44.3 Å². The fourth-order valence-electron chi connectivity index (χ4n) is 3.75. The number of hydrogen-bond acceptors (Lipinski definition) is 6. The molecular formula is C22H29N5O2S. The molecule has 1 aliphatic heterocycles. The van der Waals surface area contributed by atoms with Crippen molar-refractivity contribution in [3.63, 3.8) is 0 Å². The molecule has 0 atom stereocenters. The Balaban J connectivity index is 1.60. The molecule has 0 aliphatic carbocycles. The lowest BCUT2D eigenvalue weighted by atomic mass is 10.1. The second-order valence-corrected chi connectivity index (χ2v) is 8.71. The molecule has 0 unspecified atom stereocenters. The van der Waals surface area contributed by atoms with Gasteiger partial charge in [-0.3, -0.25) is 19.3 Å². The molecule has 1 saturated heterocycles. The summed E-state index contributed by atoms with van der Waals surface area (Å²) in [4.78, 5) is 22.5. The number of fused-ring (bicyclic) bond motifs is 1. The standard InChI is InChI=1S/C22H29N5O2S/c1-4-27-19(6-7-23-27)21(28)26(9-5-8-25-10-12-29-13-11-25)22-24-18-14-16(2)17(3)15-20(18)30-22/h6-7,14-15H,4-5,8-13H2,1-3H3. The third-order valence-electron chi connectivity index (χ3n) is 5.66. The van der Waals surface area contributed by atoms with E-state index in [0.29, 0.717) is 18.8 Å². The summed E-state index contributed by atoms with van der Waals surface area (Å²) in [6.07, 6.45) is 2.58. The highest BCUT2D eigenvalue weighted by Crippen LogP contribution is 2.31. The van der Waals surface area contributed by atoms with Crippen LogP contribution < -0.4 is 4.90 Å². The Morgan fingerprint density at radius 1 is 1.23 bits per heavy atom. The average molecular weight is 428 g/mol. The van der Waals surface area contributed by atoms with Gasteiger partial charge in [-0.1, -0.05) is 11.3 Å². The van der Waals surface area contributed by atoms with Crippen LogP contribution in [0.5, 0.6) is 0 Å². The maximum atomic E-state index is 13.5. The van der Waals surface area contributed by atoms with E-state index in [1.807, 2.05) is 11.8 Å². The van der Waals surface area contributed by atoms with Gasteiger partial charge in [0.1, 0.15) is 5.69 Å². The van der Waals surface area contributed by atoms with Crippen LogP contribution in [0.3, 0.4) is 0 Å². The number of benzene rings is 1. The average Bonchev–Trinajstić information content (AvgIpc) is 3.38. The minimum atomic E-state index is -0.0381. The summed E-state index contributed by atoms with van der Waals surface area (Å²) < 4.78 is 8.30. The molecule has 1 fully saturated rings. The van der Waals surface area contributed by atoms with Gasteiger partial charge >= 0.3 is 0 Å². The van der Waals surface area contributed by atoms with E-state index >= 15 is 0 Å². The Bertz CT molecular complexity index is 983. The number of thiazole rings is 1. The van der Waals surface area contributed by atoms with E-state index in [0.717, 1.165) is 54.6 Å². The highest BCUT2D eigenvalue weighted by Gasteiger charge is 2.24. The molecule has 8 heteroatoms. The van der Waals surface area contributed by atoms with Crippen molar-refractivity contribution in [1.82, 2.24) is 19.7 Å². The van der Waals surface area contributed by atoms with E-state index in [1.54, 1.807) is 28.3 Å². The van der Waals surface area contributed by atoms with Gasteiger partial charge in [-0.05, 0) is 56.5 Å². The molecule has 160 valence electrons. The normalized spacial score (nSPS) is 15.0. The van der Waals surface area contributed by atoms with Crippen LogP contribution in [0.15, 0.2) is 24.4 Å². The summed E-state index contributed by atoms with van der Waals surface area (Å²) in [5, 5.41) is 5.04. The number of carbonyl (C=O) groups is 1. The molecule has 30 heavy (non-hydrogen) atoms. The first-order valence-electron chi connectivity index (χ1n) is 10.6. The fraction of sp³-hybridized carbons (Fsp3) is 0.500. The fourth-order valence-corrected chi connectivity index (χ4v) is 4.82. The first-order chi connectivity index (χ1) is 14.6. The Hall–Kier alpha value is -2.29. The van der Waals surface area contributed by atoms with E-state index < -0.39 is 0 Å². The Morgan fingerprint density at radius 2 is 2.00 bits per heavy atom. The number of hydrogen-bond donors (Lipinski definition) is 0. The molecule has 3 heterocycles. The largest absolute Gasteiger partial charge is 0.379 e. The Labute approximate surface area is 181 Å². The van der Waals surface area contributed by atoms with Gasteiger partial charge in [-0.15, -0.1) is 0 Å². The molecule has 0 radical (unpaired) electrons. The number of anilines is 1. The smallest absolute Gasteiger partial charge is 0.278 e. The zero-order valence-electron chi connectivity index (χ0n) is 17.9. The van der Waals surface area contributed by atoms with E-state index in [9.17, 15) is 4.79 Å². The van der Waals surface area contributed by atoms with Gasteiger partial charge in [-0.2, -0.15) is 5.10 Å². The predicted molar refractivity (Wildman–Crippen MR) is 121 cm³/mol. The predicted octanol–water partition coefficient (Wildman–Crippen LogP) is 3.50. The first-order valence-corrected chi connectivity index (χ1v) is 11.4. The van der Waals surface area contributed by atoms with Gasteiger partial charge < -0.3 is 4.74 Å². The summed E-state index contributed by atoms with van der Waals surface area (Å²) in [5.74, 6) is -0.0381. The maximum absolute atomic E-state index is 13.5. The number of morpholine rings is 1. The zero-order valence-corrected chi connectivity index (χ0v) is 18.7. The number of rotatable bonds is 7. The number of ether oxygens (including phenoxy) is 1. The monoisotopic (exact) mass is 427 g/mol.